The summed E-state index contributed by atoms with van der Waals surface area (Å²) >= 11 is 0. The molecule has 4 heterocycles. The lowest BCUT2D eigenvalue weighted by atomic mass is 9.68. The van der Waals surface area contributed by atoms with Gasteiger partial charge in [0.15, 0.2) is 0 Å². The number of carbonyl (C=O) groups is 1. The maximum atomic E-state index is 13.6. The molecule has 0 radical (unpaired) electrons. The number of H-pyrrole nitrogens is 1. The number of nitrogens with one attached hydrogen (secondary N) is 1. The van der Waals surface area contributed by atoms with Gasteiger partial charge in [0.25, 0.3) is 0 Å². The van der Waals surface area contributed by atoms with E-state index in [0.717, 1.165) is 30.0 Å². The van der Waals surface area contributed by atoms with Crippen LogP contribution in [-0.4, -0.2) is 37.9 Å². The predicted molar refractivity (Wildman–Crippen MR) is 94.8 cm³/mol. The third-order valence-corrected chi connectivity index (χ3v) is 6.63. The molecule has 25 heavy (non-hydrogen) atoms. The third kappa shape index (κ3) is 2.79. The van der Waals surface area contributed by atoms with Crippen LogP contribution >= 0.6 is 0 Å². The molecule has 6 rings (SSSR count). The molecule has 1 N–H and O–H groups in total. The van der Waals surface area contributed by atoms with E-state index in [9.17, 15) is 4.79 Å². The molecule has 5 nitrogen and oxygen atoms in total. The Morgan fingerprint density at radius 3 is 2.52 bits per heavy atom. The van der Waals surface area contributed by atoms with Crippen LogP contribution in [0.2, 0.25) is 0 Å². The van der Waals surface area contributed by atoms with Crippen LogP contribution in [0.1, 0.15) is 43.8 Å². The third-order valence-electron chi connectivity index (χ3n) is 6.63. The van der Waals surface area contributed by atoms with E-state index in [4.69, 9.17) is 0 Å². The van der Waals surface area contributed by atoms with Crippen LogP contribution in [0.25, 0.3) is 0 Å². The Morgan fingerprint density at radius 2 is 1.84 bits per heavy atom. The van der Waals surface area contributed by atoms with Crippen molar-refractivity contribution in [3.8, 4) is 0 Å². The highest BCUT2D eigenvalue weighted by atomic mass is 16.2. The fraction of sp³-hybridized carbons (Fsp3) is 0.600. The zero-order valence-electron chi connectivity index (χ0n) is 14.6. The van der Waals surface area contributed by atoms with E-state index in [1.807, 2.05) is 30.7 Å². The number of imidazole rings is 1. The largest absolute Gasteiger partial charge is 0.348 e. The van der Waals surface area contributed by atoms with Crippen LogP contribution in [0.5, 0.6) is 0 Å². The van der Waals surface area contributed by atoms with Crippen LogP contribution in [0.15, 0.2) is 37.1 Å². The van der Waals surface area contributed by atoms with Gasteiger partial charge in [-0.25, -0.2) is 4.98 Å². The Balaban J connectivity index is 1.43. The number of carbonyl (C=O) groups excluding carboxylic acids is 1. The van der Waals surface area contributed by atoms with Gasteiger partial charge in [0, 0.05) is 43.3 Å². The highest BCUT2D eigenvalue weighted by molar-refractivity contribution is 5.81. The van der Waals surface area contributed by atoms with E-state index in [1.54, 1.807) is 6.33 Å². The van der Waals surface area contributed by atoms with E-state index in [0.29, 0.717) is 18.4 Å². The number of aromatic nitrogens is 3. The SMILES string of the molecule is O=C([C@H](Cc1cnc[nH]1)n1cccc1)N1CC2C[C@@H]3CC1C[C@H](C2)C3. The normalized spacial score (nSPS) is 31.9. The first-order chi connectivity index (χ1) is 12.3. The first-order valence-corrected chi connectivity index (χ1v) is 9.66. The fourth-order valence-electron chi connectivity index (χ4n) is 5.73. The van der Waals surface area contributed by atoms with Gasteiger partial charge in [0.2, 0.25) is 5.91 Å². The van der Waals surface area contributed by atoms with Gasteiger partial charge in [-0.2, -0.15) is 0 Å². The van der Waals surface area contributed by atoms with Gasteiger partial charge in [0.1, 0.15) is 6.04 Å². The minimum absolute atomic E-state index is 0.175. The molecule has 5 heteroatoms. The van der Waals surface area contributed by atoms with Crippen molar-refractivity contribution in [3.63, 3.8) is 0 Å². The minimum Gasteiger partial charge on any atom is -0.348 e. The van der Waals surface area contributed by atoms with Crippen LogP contribution in [0.4, 0.5) is 0 Å². The maximum Gasteiger partial charge on any atom is 0.246 e. The lowest BCUT2D eigenvalue weighted by molar-refractivity contribution is -0.137. The van der Waals surface area contributed by atoms with Gasteiger partial charge in [-0.05, 0) is 62.0 Å². The van der Waals surface area contributed by atoms with Gasteiger partial charge in [-0.15, -0.1) is 0 Å². The molecule has 4 fully saturated rings. The van der Waals surface area contributed by atoms with Crippen molar-refractivity contribution in [2.75, 3.05) is 6.54 Å². The molecule has 0 spiro atoms. The van der Waals surface area contributed by atoms with Crippen molar-refractivity contribution >= 4 is 5.91 Å². The standard InChI is InChI=1S/C20H26N4O/c25-20(19(23-3-1-2-4-23)10-17-11-21-13-22-17)24-12-16-6-14-5-15(7-16)9-18(24)8-14/h1-4,11,13-16,18-19H,5-10,12H2,(H,21,22)/t14-,15+,16?,18?,19-/m0/s1. The highest BCUT2D eigenvalue weighted by Crippen LogP contribution is 2.47. The van der Waals surface area contributed by atoms with Crippen molar-refractivity contribution in [1.29, 1.82) is 0 Å². The first kappa shape index (κ1) is 15.2. The smallest absolute Gasteiger partial charge is 0.246 e. The number of amides is 1. The Labute approximate surface area is 148 Å². The summed E-state index contributed by atoms with van der Waals surface area (Å²) in [7, 11) is 0. The molecule has 2 aromatic heterocycles. The summed E-state index contributed by atoms with van der Waals surface area (Å²) in [4.78, 5) is 23.2. The van der Waals surface area contributed by atoms with Gasteiger partial charge in [0.05, 0.1) is 6.33 Å². The zero-order chi connectivity index (χ0) is 16.8. The number of rotatable bonds is 4. The second-order valence-electron chi connectivity index (χ2n) is 8.35. The van der Waals surface area contributed by atoms with E-state index >= 15 is 0 Å². The van der Waals surface area contributed by atoms with Crippen molar-refractivity contribution in [2.45, 2.75) is 50.6 Å². The van der Waals surface area contributed by atoms with Crippen molar-refractivity contribution < 1.29 is 4.79 Å². The fourth-order valence-corrected chi connectivity index (χ4v) is 5.73. The summed E-state index contributed by atoms with van der Waals surface area (Å²) in [6, 6.07) is 4.29. The molecule has 2 saturated heterocycles. The summed E-state index contributed by atoms with van der Waals surface area (Å²) in [5, 5.41) is 0. The summed E-state index contributed by atoms with van der Waals surface area (Å²) in [5.74, 6) is 2.73. The number of aromatic amines is 1. The maximum absolute atomic E-state index is 13.6. The predicted octanol–water partition coefficient (Wildman–Crippen LogP) is 3.03. The Kier molecular flexibility index (Phi) is 3.68. The zero-order valence-corrected chi connectivity index (χ0v) is 14.6. The van der Waals surface area contributed by atoms with E-state index in [-0.39, 0.29) is 6.04 Å². The molecule has 4 aliphatic rings. The van der Waals surface area contributed by atoms with Crippen LogP contribution in [0.3, 0.4) is 0 Å². The first-order valence-electron chi connectivity index (χ1n) is 9.66. The lowest BCUT2D eigenvalue weighted by Gasteiger charge is -2.39. The monoisotopic (exact) mass is 338 g/mol. The van der Waals surface area contributed by atoms with Crippen molar-refractivity contribution in [3.05, 3.63) is 42.7 Å². The lowest BCUT2D eigenvalue weighted by Crippen LogP contribution is -2.45. The minimum atomic E-state index is -0.175. The van der Waals surface area contributed by atoms with E-state index < -0.39 is 0 Å². The molecule has 4 bridgehead atoms. The Bertz CT molecular complexity index is 709. The van der Waals surface area contributed by atoms with Crippen LogP contribution in [0, 0.1) is 17.8 Å². The van der Waals surface area contributed by atoms with E-state index in [1.165, 1.54) is 32.1 Å². The molecule has 2 aromatic rings. The molecule has 2 unspecified atom stereocenters. The average Bonchev–Trinajstić information content (AvgIpc) is 3.26. The molecular formula is C20H26N4O. The van der Waals surface area contributed by atoms with Crippen LogP contribution < -0.4 is 0 Å². The molecular weight excluding hydrogens is 312 g/mol. The van der Waals surface area contributed by atoms with Gasteiger partial charge in [-0.3, -0.25) is 4.79 Å². The number of hydrogen-bond acceptors (Lipinski definition) is 2. The summed E-state index contributed by atoms with van der Waals surface area (Å²) < 4.78 is 2.07. The molecule has 5 atom stereocenters. The summed E-state index contributed by atoms with van der Waals surface area (Å²) in [6.45, 7) is 0.969. The Morgan fingerprint density at radius 1 is 1.12 bits per heavy atom. The second kappa shape index (κ2) is 6.04. The number of nitrogens with zero attached hydrogens (tertiary/aromatic N) is 3. The van der Waals surface area contributed by atoms with Gasteiger partial charge in [-0.1, -0.05) is 0 Å². The van der Waals surface area contributed by atoms with Gasteiger partial charge >= 0.3 is 0 Å². The summed E-state index contributed by atoms with van der Waals surface area (Å²) in [5.41, 5.74) is 1.02. The van der Waals surface area contributed by atoms with Crippen molar-refractivity contribution in [1.82, 2.24) is 19.4 Å². The quantitative estimate of drug-likeness (QED) is 0.931. The molecule has 132 valence electrons. The molecule has 0 aromatic carbocycles. The molecule has 2 saturated carbocycles. The van der Waals surface area contributed by atoms with Crippen molar-refractivity contribution in [2.24, 2.45) is 17.8 Å². The number of fused-ring (bicyclic) bond motifs is 1. The van der Waals surface area contributed by atoms with Gasteiger partial charge < -0.3 is 14.5 Å². The average molecular weight is 338 g/mol. The summed E-state index contributed by atoms with van der Waals surface area (Å²) in [6.07, 6.45) is 14.8. The van der Waals surface area contributed by atoms with Crippen LogP contribution in [-0.2, 0) is 11.2 Å². The number of hydrogen-bond donors (Lipinski definition) is 1. The molecule has 1 amide bonds. The topological polar surface area (TPSA) is 53.9 Å². The highest BCUT2D eigenvalue weighted by Gasteiger charge is 2.45. The molecule has 2 aliphatic carbocycles. The Hall–Kier alpha value is -2.04. The molecule has 2 aliphatic heterocycles. The second-order valence-corrected chi connectivity index (χ2v) is 8.35. The van der Waals surface area contributed by atoms with E-state index in [2.05, 4.69) is 19.4 Å².